The molecule has 0 amide bonds. The van der Waals surface area contributed by atoms with Gasteiger partial charge in [-0.05, 0) is 50.6 Å². The van der Waals surface area contributed by atoms with Crippen molar-refractivity contribution in [2.45, 2.75) is 19.3 Å². The second-order valence-electron chi connectivity index (χ2n) is 6.00. The van der Waals surface area contributed by atoms with Crippen molar-refractivity contribution >= 4 is 38.3 Å². The summed E-state index contributed by atoms with van der Waals surface area (Å²) in [4.78, 5) is 12.6. The number of carbonyl (C=O) groups excluding carboxylic acids is 1. The molecule has 1 atom stereocenters. The number of carbonyl (C=O) groups is 1. The predicted octanol–water partition coefficient (Wildman–Crippen LogP) is 4.82. The van der Waals surface area contributed by atoms with Crippen LogP contribution in [0.3, 0.4) is 0 Å². The molecular formula is C19H17F6LiO3P. The molecule has 0 aromatic heterocycles. The van der Waals surface area contributed by atoms with Crippen LogP contribution in [0.5, 0.6) is 5.75 Å². The van der Waals surface area contributed by atoms with Crippen LogP contribution in [-0.2, 0) is 17.1 Å². The molecule has 3 nitrogen and oxygen atoms in total. The predicted molar refractivity (Wildman–Crippen MR) is 103 cm³/mol. The van der Waals surface area contributed by atoms with Gasteiger partial charge in [0.2, 0.25) is 0 Å². The molecular weight excluding hydrogens is 428 g/mol. The Kier molecular flexibility index (Phi) is 9.43. The van der Waals surface area contributed by atoms with E-state index in [-0.39, 0.29) is 25.5 Å². The maximum Gasteiger partial charge on any atom is 0.417 e. The summed E-state index contributed by atoms with van der Waals surface area (Å²) in [6, 6.07) is 6.11. The molecule has 159 valence electrons. The van der Waals surface area contributed by atoms with E-state index in [1.165, 1.54) is 19.2 Å². The van der Waals surface area contributed by atoms with E-state index in [0.717, 1.165) is 0 Å². The zero-order valence-corrected chi connectivity index (χ0v) is 17.4. The molecule has 0 saturated carbocycles. The van der Waals surface area contributed by atoms with E-state index in [2.05, 4.69) is 0 Å². The van der Waals surface area contributed by atoms with Gasteiger partial charge in [-0.15, -0.1) is 0 Å². The molecule has 2 aromatic rings. The quantitative estimate of drug-likeness (QED) is 0.265. The third-order valence-electron chi connectivity index (χ3n) is 3.90. The second kappa shape index (κ2) is 10.7. The van der Waals surface area contributed by atoms with Crippen LogP contribution in [0.15, 0.2) is 36.4 Å². The van der Waals surface area contributed by atoms with Crippen molar-refractivity contribution in [3.05, 3.63) is 58.7 Å². The van der Waals surface area contributed by atoms with Crippen LogP contribution in [0.1, 0.15) is 27.0 Å². The molecule has 0 spiro atoms. The first kappa shape index (κ1) is 26.5. The summed E-state index contributed by atoms with van der Waals surface area (Å²) >= 11 is 0. The maximum atomic E-state index is 13.3. The van der Waals surface area contributed by atoms with Gasteiger partial charge < -0.3 is 9.47 Å². The van der Waals surface area contributed by atoms with Crippen molar-refractivity contribution in [3.8, 4) is 5.75 Å². The van der Waals surface area contributed by atoms with Gasteiger partial charge in [-0.1, -0.05) is 12.1 Å². The van der Waals surface area contributed by atoms with Crippen LogP contribution in [-0.4, -0.2) is 44.7 Å². The minimum atomic E-state index is -5.09. The van der Waals surface area contributed by atoms with Gasteiger partial charge in [0.05, 0.1) is 17.7 Å². The molecule has 1 radical (unpaired) electrons. The standard InChI is InChI=1S/C19H17F6O3P.Li/c1-11-10-12(28-9-8-27-2)6-7-15(11)29-17(26)16-13(18(20,21)22)4-3-5-14(16)19(23,24)25;/h3-7,10,29H,8-9H2,1-2H3;. The number of aryl methyl sites for hydroxylation is 1. The van der Waals surface area contributed by atoms with Crippen LogP contribution < -0.4 is 10.0 Å². The zero-order valence-electron chi connectivity index (χ0n) is 16.4. The van der Waals surface area contributed by atoms with Crippen LogP contribution in [0.4, 0.5) is 26.3 Å². The van der Waals surface area contributed by atoms with Gasteiger partial charge >= 0.3 is 12.4 Å². The zero-order chi connectivity index (χ0) is 21.8. The normalized spacial score (nSPS) is 12.1. The Hall–Kier alpha value is -1.52. The summed E-state index contributed by atoms with van der Waals surface area (Å²) in [5, 5.41) is 0.333. The number of rotatable bonds is 7. The van der Waals surface area contributed by atoms with E-state index in [1.807, 2.05) is 0 Å². The monoisotopic (exact) mass is 445 g/mol. The number of ether oxygens (including phenoxy) is 2. The van der Waals surface area contributed by atoms with Crippen molar-refractivity contribution in [2.24, 2.45) is 0 Å². The summed E-state index contributed by atoms with van der Waals surface area (Å²) in [7, 11) is 0.584. The minimum absolute atomic E-state index is 0. The van der Waals surface area contributed by atoms with Crippen LogP contribution in [0.25, 0.3) is 0 Å². The van der Waals surface area contributed by atoms with Gasteiger partial charge in [0, 0.05) is 31.5 Å². The Balaban J connectivity index is 0.00000450. The van der Waals surface area contributed by atoms with Crippen LogP contribution >= 0.6 is 8.58 Å². The summed E-state index contributed by atoms with van der Waals surface area (Å²) in [5.41, 5.74) is -5.26. The third-order valence-corrected chi connectivity index (χ3v) is 5.21. The Bertz CT molecular complexity index is 851. The SMILES string of the molecule is COCCOc1ccc(PC(=O)c2c(C(F)(F)F)cccc2C(F)(F)F)c(C)c1.[Li]. The molecule has 0 aliphatic heterocycles. The van der Waals surface area contributed by atoms with Gasteiger partial charge in [0.1, 0.15) is 12.4 Å². The van der Waals surface area contributed by atoms with Crippen molar-refractivity contribution in [3.63, 3.8) is 0 Å². The molecule has 11 heteroatoms. The molecule has 0 heterocycles. The number of alkyl halides is 6. The van der Waals surface area contributed by atoms with Crippen molar-refractivity contribution < 1.29 is 40.6 Å². The first-order chi connectivity index (χ1) is 13.4. The average molecular weight is 445 g/mol. The van der Waals surface area contributed by atoms with E-state index in [4.69, 9.17) is 9.47 Å². The average Bonchev–Trinajstić information content (AvgIpc) is 2.62. The Morgan fingerprint density at radius 2 is 1.53 bits per heavy atom. The summed E-state index contributed by atoms with van der Waals surface area (Å²) < 4.78 is 89.8. The van der Waals surface area contributed by atoms with Gasteiger partial charge in [-0.3, -0.25) is 4.79 Å². The van der Waals surface area contributed by atoms with Crippen molar-refractivity contribution in [1.29, 1.82) is 0 Å². The largest absolute Gasteiger partial charge is 0.491 e. The molecule has 0 fully saturated rings. The molecule has 0 N–H and O–H groups in total. The first-order valence-corrected chi connectivity index (χ1v) is 9.26. The topological polar surface area (TPSA) is 35.5 Å². The van der Waals surface area contributed by atoms with E-state index in [9.17, 15) is 31.1 Å². The number of hydrogen-bond donors (Lipinski definition) is 0. The first-order valence-electron chi connectivity index (χ1n) is 8.26. The molecule has 2 rings (SSSR count). The Labute approximate surface area is 183 Å². The van der Waals surface area contributed by atoms with Crippen molar-refractivity contribution in [1.82, 2.24) is 0 Å². The minimum Gasteiger partial charge on any atom is -0.491 e. The molecule has 0 aliphatic carbocycles. The molecule has 1 unspecified atom stereocenters. The van der Waals surface area contributed by atoms with E-state index < -0.39 is 43.1 Å². The Morgan fingerprint density at radius 3 is 2.00 bits per heavy atom. The summed E-state index contributed by atoms with van der Waals surface area (Å²) in [6.07, 6.45) is -10.2. The third kappa shape index (κ3) is 6.75. The number of halogens is 6. The number of hydrogen-bond acceptors (Lipinski definition) is 3. The fourth-order valence-electron chi connectivity index (χ4n) is 2.56. The van der Waals surface area contributed by atoms with Crippen molar-refractivity contribution in [2.75, 3.05) is 20.3 Å². The van der Waals surface area contributed by atoms with Gasteiger partial charge in [-0.25, -0.2) is 0 Å². The second-order valence-corrected chi connectivity index (χ2v) is 7.24. The maximum absolute atomic E-state index is 13.3. The smallest absolute Gasteiger partial charge is 0.417 e. The van der Waals surface area contributed by atoms with Crippen LogP contribution in [0.2, 0.25) is 0 Å². The summed E-state index contributed by atoms with van der Waals surface area (Å²) in [5.74, 6) is 0.451. The molecule has 2 aromatic carbocycles. The molecule has 0 aliphatic rings. The Morgan fingerprint density at radius 1 is 0.967 bits per heavy atom. The van der Waals surface area contributed by atoms with E-state index >= 15 is 0 Å². The van der Waals surface area contributed by atoms with E-state index in [0.29, 0.717) is 41.4 Å². The van der Waals surface area contributed by atoms with E-state index in [1.54, 1.807) is 13.0 Å². The summed E-state index contributed by atoms with van der Waals surface area (Å²) in [6.45, 7) is 2.21. The number of methoxy groups -OCH3 is 1. The van der Waals surface area contributed by atoms with Gasteiger partial charge in [0.25, 0.3) is 0 Å². The molecule has 0 bridgehead atoms. The molecule has 30 heavy (non-hydrogen) atoms. The van der Waals surface area contributed by atoms with Gasteiger partial charge in [0.15, 0.2) is 5.52 Å². The molecule has 0 saturated heterocycles. The van der Waals surface area contributed by atoms with Crippen LogP contribution in [0, 0.1) is 6.92 Å². The number of benzene rings is 2. The van der Waals surface area contributed by atoms with Gasteiger partial charge in [-0.2, -0.15) is 26.3 Å². The fraction of sp³-hybridized carbons (Fsp3) is 0.316. The fourth-order valence-corrected chi connectivity index (χ4v) is 3.64.